The summed E-state index contributed by atoms with van der Waals surface area (Å²) in [6, 6.07) is 0. The number of carbonyl (C=O) groups is 2. The van der Waals surface area contributed by atoms with E-state index in [9.17, 15) is 9.59 Å². The van der Waals surface area contributed by atoms with Gasteiger partial charge in [-0.05, 0) is 37.5 Å². The summed E-state index contributed by atoms with van der Waals surface area (Å²) in [6.45, 7) is 8.60. The van der Waals surface area contributed by atoms with Gasteiger partial charge in [-0.15, -0.1) is 0 Å². The van der Waals surface area contributed by atoms with Crippen LogP contribution in [0, 0.1) is 11.8 Å². The maximum Gasteiger partial charge on any atom is 0.334 e. The Hall–Kier alpha value is -1.32. The van der Waals surface area contributed by atoms with Crippen LogP contribution in [0.4, 0.5) is 0 Å². The topological polar surface area (TPSA) is 52.6 Å². The molecule has 1 rings (SSSR count). The lowest BCUT2D eigenvalue weighted by molar-refractivity contribution is -0.143. The highest BCUT2D eigenvalue weighted by molar-refractivity contribution is 6.01. The molecule has 0 aromatic rings. The van der Waals surface area contributed by atoms with Gasteiger partial charge in [0.1, 0.15) is 0 Å². The molecule has 4 nitrogen and oxygen atoms in total. The maximum atomic E-state index is 12.6. The lowest BCUT2D eigenvalue weighted by Gasteiger charge is -2.26. The molecule has 0 saturated heterocycles. The quantitative estimate of drug-likeness (QED) is 0.490. The van der Waals surface area contributed by atoms with E-state index in [1.54, 1.807) is 0 Å². The first-order valence-corrected chi connectivity index (χ1v) is 9.11. The number of rotatable bonds is 8. The van der Waals surface area contributed by atoms with Gasteiger partial charge in [0.2, 0.25) is 0 Å². The van der Waals surface area contributed by atoms with Gasteiger partial charge in [0, 0.05) is 0 Å². The molecule has 132 valence electrons. The monoisotopic (exact) mass is 324 g/mol. The molecule has 4 heteroatoms. The first-order chi connectivity index (χ1) is 11.0. The highest BCUT2D eigenvalue weighted by Gasteiger charge is 2.32. The minimum absolute atomic E-state index is 0.0505. The smallest absolute Gasteiger partial charge is 0.334 e. The molecule has 0 N–H and O–H groups in total. The zero-order valence-corrected chi connectivity index (χ0v) is 15.2. The van der Waals surface area contributed by atoms with Gasteiger partial charge in [-0.1, -0.05) is 47.0 Å². The zero-order chi connectivity index (χ0) is 17.2. The van der Waals surface area contributed by atoms with Crippen molar-refractivity contribution in [3.05, 3.63) is 11.1 Å². The van der Waals surface area contributed by atoms with Crippen molar-refractivity contribution in [3.63, 3.8) is 0 Å². The second-order valence-corrected chi connectivity index (χ2v) is 6.59. The molecule has 0 aromatic heterocycles. The van der Waals surface area contributed by atoms with Crippen molar-refractivity contribution in [1.29, 1.82) is 0 Å². The van der Waals surface area contributed by atoms with Gasteiger partial charge in [-0.25, -0.2) is 9.59 Å². The molecule has 0 unspecified atom stereocenters. The molecule has 1 aliphatic carbocycles. The predicted octanol–water partition coefficient (Wildman–Crippen LogP) is 4.43. The van der Waals surface area contributed by atoms with E-state index in [0.29, 0.717) is 24.4 Å². The van der Waals surface area contributed by atoms with Crippen molar-refractivity contribution in [1.82, 2.24) is 0 Å². The first kappa shape index (κ1) is 19.7. The van der Waals surface area contributed by atoms with Crippen LogP contribution in [0.2, 0.25) is 0 Å². The van der Waals surface area contributed by atoms with E-state index in [0.717, 1.165) is 38.5 Å². The molecule has 1 saturated carbocycles. The van der Waals surface area contributed by atoms with Gasteiger partial charge in [-0.2, -0.15) is 0 Å². The molecule has 0 bridgehead atoms. The lowest BCUT2D eigenvalue weighted by Crippen LogP contribution is -2.26. The van der Waals surface area contributed by atoms with Crippen molar-refractivity contribution in [3.8, 4) is 0 Å². The van der Waals surface area contributed by atoms with E-state index < -0.39 is 0 Å². The Bertz CT molecular complexity index is 417. The third-order valence-corrected chi connectivity index (χ3v) is 4.20. The number of hydrogen-bond acceptors (Lipinski definition) is 4. The van der Waals surface area contributed by atoms with Gasteiger partial charge in [0.25, 0.3) is 0 Å². The van der Waals surface area contributed by atoms with Gasteiger partial charge in [0.05, 0.1) is 24.4 Å². The summed E-state index contributed by atoms with van der Waals surface area (Å²) in [5.41, 5.74) is 1.10. The lowest BCUT2D eigenvalue weighted by atomic mass is 9.79. The van der Waals surface area contributed by atoms with Crippen molar-refractivity contribution < 1.29 is 19.1 Å². The van der Waals surface area contributed by atoms with Crippen LogP contribution in [0.5, 0.6) is 0 Å². The minimum Gasteiger partial charge on any atom is -0.462 e. The first-order valence-electron chi connectivity index (χ1n) is 9.11. The van der Waals surface area contributed by atoms with Crippen molar-refractivity contribution >= 4 is 11.9 Å². The van der Waals surface area contributed by atoms with E-state index in [2.05, 4.69) is 0 Å². The second-order valence-electron chi connectivity index (χ2n) is 6.59. The average Bonchev–Trinajstić information content (AvgIpc) is 2.55. The van der Waals surface area contributed by atoms with Crippen LogP contribution in [0.25, 0.3) is 0 Å². The van der Waals surface area contributed by atoms with Gasteiger partial charge in [0.15, 0.2) is 0 Å². The number of carbonyl (C=O) groups excluding carboxylic acids is 2. The molecule has 0 aliphatic heterocycles. The van der Waals surface area contributed by atoms with Crippen LogP contribution >= 0.6 is 0 Å². The Morgan fingerprint density at radius 2 is 1.43 bits per heavy atom. The molecule has 23 heavy (non-hydrogen) atoms. The minimum atomic E-state index is -0.351. The number of ether oxygens (including phenoxy) is 2. The SMILES string of the molecule is CCCOC(=O)C(=C(C(=O)OCCC)C1CCCCC1)C(C)C. The third kappa shape index (κ3) is 6.00. The summed E-state index contributed by atoms with van der Waals surface area (Å²) in [7, 11) is 0. The molecule has 0 atom stereocenters. The Labute approximate surface area is 140 Å². The summed E-state index contributed by atoms with van der Waals surface area (Å²) in [5.74, 6) is -0.600. The van der Waals surface area contributed by atoms with Crippen LogP contribution in [0.3, 0.4) is 0 Å². The van der Waals surface area contributed by atoms with E-state index >= 15 is 0 Å². The molecular weight excluding hydrogens is 292 g/mol. The Morgan fingerprint density at radius 1 is 0.913 bits per heavy atom. The summed E-state index contributed by atoms with van der Waals surface area (Å²) in [5, 5.41) is 0. The average molecular weight is 324 g/mol. The van der Waals surface area contributed by atoms with E-state index in [1.165, 1.54) is 6.42 Å². The van der Waals surface area contributed by atoms with Crippen LogP contribution in [-0.4, -0.2) is 25.2 Å². The fourth-order valence-corrected chi connectivity index (χ4v) is 3.09. The molecule has 1 aliphatic rings. The molecule has 0 spiro atoms. The molecule has 1 fully saturated rings. The molecule has 0 heterocycles. The van der Waals surface area contributed by atoms with Crippen molar-refractivity contribution in [2.75, 3.05) is 13.2 Å². The zero-order valence-electron chi connectivity index (χ0n) is 15.2. The highest BCUT2D eigenvalue weighted by atomic mass is 16.5. The Morgan fingerprint density at radius 3 is 1.91 bits per heavy atom. The van der Waals surface area contributed by atoms with E-state index in [4.69, 9.17) is 9.47 Å². The van der Waals surface area contributed by atoms with Crippen molar-refractivity contribution in [2.45, 2.75) is 72.6 Å². The van der Waals surface area contributed by atoms with Gasteiger partial charge in [-0.3, -0.25) is 0 Å². The predicted molar refractivity (Wildman–Crippen MR) is 90.9 cm³/mol. The normalized spacial score (nSPS) is 16.9. The molecule has 0 aromatic carbocycles. The third-order valence-electron chi connectivity index (χ3n) is 4.20. The van der Waals surface area contributed by atoms with Crippen LogP contribution < -0.4 is 0 Å². The highest BCUT2D eigenvalue weighted by Crippen LogP contribution is 2.34. The number of hydrogen-bond donors (Lipinski definition) is 0. The Kier molecular flexibility index (Phi) is 8.97. The summed E-state index contributed by atoms with van der Waals surface area (Å²) < 4.78 is 10.7. The van der Waals surface area contributed by atoms with E-state index in [-0.39, 0.29) is 23.8 Å². The van der Waals surface area contributed by atoms with Gasteiger partial charge >= 0.3 is 11.9 Å². The molecule has 0 radical (unpaired) electrons. The largest absolute Gasteiger partial charge is 0.462 e. The van der Waals surface area contributed by atoms with Crippen LogP contribution in [0.15, 0.2) is 11.1 Å². The standard InChI is InChI=1S/C19H32O4/c1-5-12-22-18(20)16(14(3)4)17(19(21)23-13-6-2)15-10-8-7-9-11-15/h14-15H,5-13H2,1-4H3. The van der Waals surface area contributed by atoms with Crippen molar-refractivity contribution in [2.24, 2.45) is 11.8 Å². The molecule has 0 amide bonds. The summed E-state index contributed by atoms with van der Waals surface area (Å²) in [4.78, 5) is 25.2. The van der Waals surface area contributed by atoms with Crippen LogP contribution in [-0.2, 0) is 19.1 Å². The van der Waals surface area contributed by atoms with E-state index in [1.807, 2.05) is 27.7 Å². The fraction of sp³-hybridized carbons (Fsp3) is 0.789. The second kappa shape index (κ2) is 10.5. The Balaban J connectivity index is 3.16. The maximum absolute atomic E-state index is 12.6. The van der Waals surface area contributed by atoms with Crippen LogP contribution in [0.1, 0.15) is 72.6 Å². The fourth-order valence-electron chi connectivity index (χ4n) is 3.09. The van der Waals surface area contributed by atoms with Gasteiger partial charge < -0.3 is 9.47 Å². The number of esters is 2. The summed E-state index contributed by atoms with van der Waals surface area (Å²) in [6.07, 6.45) is 6.86. The molecular formula is C19H32O4. The summed E-state index contributed by atoms with van der Waals surface area (Å²) >= 11 is 0.